The molecule has 0 radical (unpaired) electrons. The molecule has 12 heavy (non-hydrogen) atoms. The van der Waals surface area contributed by atoms with Crippen LogP contribution in [0.5, 0.6) is 0 Å². The molecule has 1 aromatic heterocycles. The first kappa shape index (κ1) is 8.67. The van der Waals surface area contributed by atoms with Crippen LogP contribution < -0.4 is 5.49 Å². The average Bonchev–Trinajstić information content (AvgIpc) is 2.04. The fourth-order valence-electron chi connectivity index (χ4n) is 0.900. The summed E-state index contributed by atoms with van der Waals surface area (Å²) in [5.74, 6) is 0. The Balaban J connectivity index is 3.19. The molecule has 1 atom stereocenters. The van der Waals surface area contributed by atoms with E-state index in [2.05, 4.69) is 0 Å². The molecule has 1 aromatic rings. The van der Waals surface area contributed by atoms with E-state index in [1.807, 2.05) is 0 Å². The third kappa shape index (κ3) is 1.60. The number of hydrogen-bond acceptors (Lipinski definition) is 3. The molecule has 0 bridgehead atoms. The lowest BCUT2D eigenvalue weighted by Gasteiger charge is -2.05. The smallest absolute Gasteiger partial charge is 0.130 e. The van der Waals surface area contributed by atoms with Gasteiger partial charge in [-0.3, -0.25) is 15.4 Å². The maximum absolute atomic E-state index is 9.16. The highest BCUT2D eigenvalue weighted by molar-refractivity contribution is 5.53. The van der Waals surface area contributed by atoms with E-state index in [0.29, 0.717) is 5.56 Å². The molecular weight excluding hydrogens is 154 g/mol. The maximum Gasteiger partial charge on any atom is 0.130 e. The maximum atomic E-state index is 9.16. The molecule has 4 heteroatoms. The van der Waals surface area contributed by atoms with Crippen molar-refractivity contribution in [2.75, 3.05) is 0 Å². The van der Waals surface area contributed by atoms with Gasteiger partial charge >= 0.3 is 0 Å². The zero-order valence-electron chi connectivity index (χ0n) is 6.78. The molecule has 0 aromatic carbocycles. The number of hydrogen-bond donors (Lipinski definition) is 3. The molecule has 0 aliphatic heterocycles. The highest BCUT2D eigenvalue weighted by Crippen LogP contribution is 2.06. The SMILES string of the molecule is CC(O)c1ccn(C=N)c(=N)c1. The van der Waals surface area contributed by atoms with Crippen molar-refractivity contribution in [1.82, 2.24) is 4.57 Å². The molecule has 1 rings (SSSR count). The lowest BCUT2D eigenvalue weighted by molar-refractivity contribution is 0.199. The first-order chi connectivity index (χ1) is 5.65. The van der Waals surface area contributed by atoms with Crippen LogP contribution in [0, 0.1) is 10.8 Å². The molecule has 0 aliphatic carbocycles. The second kappa shape index (κ2) is 3.32. The Morgan fingerprint density at radius 1 is 1.67 bits per heavy atom. The van der Waals surface area contributed by atoms with Gasteiger partial charge in [-0.2, -0.15) is 0 Å². The Hall–Kier alpha value is -1.42. The van der Waals surface area contributed by atoms with Crippen LogP contribution in [0.3, 0.4) is 0 Å². The molecule has 1 unspecified atom stereocenters. The second-order valence-electron chi connectivity index (χ2n) is 2.56. The largest absolute Gasteiger partial charge is 0.389 e. The number of aliphatic hydroxyl groups excluding tert-OH is 1. The molecule has 3 N–H and O–H groups in total. The quantitative estimate of drug-likeness (QED) is 0.432. The lowest BCUT2D eigenvalue weighted by atomic mass is 10.2. The first-order valence-electron chi connectivity index (χ1n) is 3.60. The molecule has 4 nitrogen and oxygen atoms in total. The normalized spacial score (nSPS) is 12.5. The van der Waals surface area contributed by atoms with Crippen LogP contribution >= 0.6 is 0 Å². The summed E-state index contributed by atoms with van der Waals surface area (Å²) < 4.78 is 1.35. The standard InChI is InChI=1S/C8H11N3O/c1-6(12)7-2-3-11(5-9)8(10)4-7/h2-6,9-10,12H,1H3. The average molecular weight is 165 g/mol. The zero-order chi connectivity index (χ0) is 9.14. The van der Waals surface area contributed by atoms with Crippen LogP contribution in [-0.4, -0.2) is 16.0 Å². The van der Waals surface area contributed by atoms with Gasteiger partial charge in [-0.15, -0.1) is 0 Å². The summed E-state index contributed by atoms with van der Waals surface area (Å²) in [4.78, 5) is 0. The fraction of sp³-hybridized carbons (Fsp3) is 0.250. The summed E-state index contributed by atoms with van der Waals surface area (Å²) >= 11 is 0. The first-order valence-corrected chi connectivity index (χ1v) is 3.60. The van der Waals surface area contributed by atoms with Crippen LogP contribution in [0.1, 0.15) is 18.6 Å². The molecule has 0 spiro atoms. The monoisotopic (exact) mass is 165 g/mol. The number of aliphatic hydroxyl groups is 1. The van der Waals surface area contributed by atoms with Crippen molar-refractivity contribution < 1.29 is 5.11 Å². The van der Waals surface area contributed by atoms with Crippen molar-refractivity contribution in [1.29, 1.82) is 10.8 Å². The summed E-state index contributed by atoms with van der Waals surface area (Å²) in [5.41, 5.74) is 0.890. The summed E-state index contributed by atoms with van der Waals surface area (Å²) in [6, 6.07) is 3.23. The van der Waals surface area contributed by atoms with E-state index in [4.69, 9.17) is 15.9 Å². The predicted octanol–water partition coefficient (Wildman–Crippen LogP) is 0.476. The Kier molecular flexibility index (Phi) is 2.40. The number of nitrogens with one attached hydrogen (secondary N) is 2. The molecule has 0 aliphatic rings. The molecule has 0 amide bonds. The molecular formula is C8H11N3O. The van der Waals surface area contributed by atoms with Gasteiger partial charge in [-0.05, 0) is 24.6 Å². The highest BCUT2D eigenvalue weighted by atomic mass is 16.3. The van der Waals surface area contributed by atoms with E-state index in [9.17, 15) is 0 Å². The minimum atomic E-state index is -0.561. The number of nitrogens with zero attached hydrogens (tertiary/aromatic N) is 1. The van der Waals surface area contributed by atoms with Crippen LogP contribution in [-0.2, 0) is 0 Å². The lowest BCUT2D eigenvalue weighted by Crippen LogP contribution is -2.18. The summed E-state index contributed by atoms with van der Waals surface area (Å²) in [6.07, 6.45) is 2.07. The van der Waals surface area contributed by atoms with E-state index in [1.54, 1.807) is 19.2 Å². The Morgan fingerprint density at radius 2 is 2.33 bits per heavy atom. The van der Waals surface area contributed by atoms with Crippen LogP contribution in [0.15, 0.2) is 18.3 Å². The predicted molar refractivity (Wildman–Crippen MR) is 45.1 cm³/mol. The third-order valence-corrected chi connectivity index (χ3v) is 1.63. The second-order valence-corrected chi connectivity index (χ2v) is 2.56. The zero-order valence-corrected chi connectivity index (χ0v) is 6.78. The van der Waals surface area contributed by atoms with Crippen molar-refractivity contribution >= 4 is 6.34 Å². The number of aromatic nitrogens is 1. The van der Waals surface area contributed by atoms with Gasteiger partial charge in [-0.1, -0.05) is 0 Å². The topological polar surface area (TPSA) is 72.9 Å². The van der Waals surface area contributed by atoms with Gasteiger partial charge in [0, 0.05) is 6.20 Å². The fourth-order valence-corrected chi connectivity index (χ4v) is 0.900. The van der Waals surface area contributed by atoms with E-state index in [-0.39, 0.29) is 5.49 Å². The number of pyridine rings is 1. The van der Waals surface area contributed by atoms with Crippen molar-refractivity contribution in [3.05, 3.63) is 29.4 Å². The van der Waals surface area contributed by atoms with E-state index in [1.165, 1.54) is 10.6 Å². The van der Waals surface area contributed by atoms with Gasteiger partial charge in [0.15, 0.2) is 0 Å². The van der Waals surface area contributed by atoms with Crippen molar-refractivity contribution in [2.45, 2.75) is 13.0 Å². The molecule has 0 fully saturated rings. The third-order valence-electron chi connectivity index (χ3n) is 1.63. The van der Waals surface area contributed by atoms with Crippen molar-refractivity contribution in [3.8, 4) is 0 Å². The summed E-state index contributed by atoms with van der Waals surface area (Å²) in [7, 11) is 0. The van der Waals surface area contributed by atoms with Gasteiger partial charge in [0.05, 0.1) is 12.4 Å². The van der Waals surface area contributed by atoms with E-state index < -0.39 is 6.10 Å². The van der Waals surface area contributed by atoms with Crippen LogP contribution in [0.4, 0.5) is 0 Å². The van der Waals surface area contributed by atoms with Crippen LogP contribution in [0.25, 0.3) is 0 Å². The van der Waals surface area contributed by atoms with Crippen molar-refractivity contribution in [3.63, 3.8) is 0 Å². The van der Waals surface area contributed by atoms with Gasteiger partial charge in [-0.25, -0.2) is 0 Å². The highest BCUT2D eigenvalue weighted by Gasteiger charge is 1.99. The Morgan fingerprint density at radius 3 is 2.75 bits per heavy atom. The van der Waals surface area contributed by atoms with Gasteiger partial charge in [0.1, 0.15) is 5.49 Å². The van der Waals surface area contributed by atoms with Crippen molar-refractivity contribution in [2.24, 2.45) is 0 Å². The van der Waals surface area contributed by atoms with E-state index >= 15 is 0 Å². The minimum absolute atomic E-state index is 0.198. The molecule has 1 heterocycles. The summed E-state index contributed by atoms with van der Waals surface area (Å²) in [5, 5.41) is 23.5. The Bertz CT molecular complexity index is 340. The van der Waals surface area contributed by atoms with E-state index in [0.717, 1.165) is 6.34 Å². The Labute approximate surface area is 70.1 Å². The van der Waals surface area contributed by atoms with Crippen LogP contribution in [0.2, 0.25) is 0 Å². The van der Waals surface area contributed by atoms with Gasteiger partial charge in [0.25, 0.3) is 0 Å². The molecule has 0 saturated carbocycles. The molecule has 0 saturated heterocycles. The minimum Gasteiger partial charge on any atom is -0.389 e. The number of rotatable bonds is 2. The summed E-state index contributed by atoms with van der Waals surface area (Å²) in [6.45, 7) is 1.64. The van der Waals surface area contributed by atoms with Gasteiger partial charge < -0.3 is 5.11 Å². The molecule has 64 valence electrons. The van der Waals surface area contributed by atoms with Gasteiger partial charge in [0.2, 0.25) is 0 Å².